The second-order valence-electron chi connectivity index (χ2n) is 9.49. The van der Waals surface area contributed by atoms with Crippen LogP contribution in [0.5, 0.6) is 0 Å². The van der Waals surface area contributed by atoms with Crippen LogP contribution in [-0.2, 0) is 16.0 Å². The Morgan fingerprint density at radius 2 is 1.84 bits per heavy atom. The van der Waals surface area contributed by atoms with E-state index in [1.54, 1.807) is 7.11 Å². The van der Waals surface area contributed by atoms with Crippen molar-refractivity contribution in [2.24, 2.45) is 10.4 Å². The third-order valence-electron chi connectivity index (χ3n) is 7.11. The number of methoxy groups -OCH3 is 1. The van der Waals surface area contributed by atoms with Gasteiger partial charge in [-0.1, -0.05) is 43.2 Å². The fraction of sp³-hybridized carbons (Fsp3) is 0.731. The summed E-state index contributed by atoms with van der Waals surface area (Å²) in [6, 6.07) is 10.8. The molecule has 0 radical (unpaired) electrons. The molecule has 0 amide bonds. The lowest BCUT2D eigenvalue weighted by molar-refractivity contribution is 0.00534. The maximum absolute atomic E-state index is 6.16. The molecule has 3 rings (SSSR count). The summed E-state index contributed by atoms with van der Waals surface area (Å²) in [5.74, 6) is 0.905. The van der Waals surface area contributed by atoms with Crippen LogP contribution < -0.4 is 10.6 Å². The highest BCUT2D eigenvalue weighted by molar-refractivity contribution is 5.79. The summed E-state index contributed by atoms with van der Waals surface area (Å²) in [6.45, 7) is 6.82. The molecule has 6 nitrogen and oxygen atoms in total. The minimum Gasteiger partial charge on any atom is -0.385 e. The van der Waals surface area contributed by atoms with Crippen molar-refractivity contribution >= 4 is 5.96 Å². The van der Waals surface area contributed by atoms with E-state index in [0.717, 1.165) is 77.6 Å². The predicted octanol–water partition coefficient (Wildman–Crippen LogP) is 3.82. The minimum atomic E-state index is 0.367. The van der Waals surface area contributed by atoms with Crippen LogP contribution in [0.3, 0.4) is 0 Å². The monoisotopic (exact) mass is 444 g/mol. The van der Waals surface area contributed by atoms with Crippen molar-refractivity contribution in [1.82, 2.24) is 15.5 Å². The molecule has 0 unspecified atom stereocenters. The number of nitrogens with one attached hydrogen (secondary N) is 2. The Morgan fingerprint density at radius 1 is 1.09 bits per heavy atom. The normalized spacial score (nSPS) is 19.9. The molecule has 1 aromatic rings. The molecular formula is C26H44N4O2. The highest BCUT2D eigenvalue weighted by atomic mass is 16.5. The van der Waals surface area contributed by atoms with E-state index in [-0.39, 0.29) is 0 Å². The zero-order valence-corrected chi connectivity index (χ0v) is 20.3. The first-order valence-corrected chi connectivity index (χ1v) is 12.5. The zero-order valence-electron chi connectivity index (χ0n) is 20.3. The molecule has 0 aromatic heterocycles. The lowest BCUT2D eigenvalue weighted by atomic mass is 9.83. The van der Waals surface area contributed by atoms with Gasteiger partial charge in [-0.2, -0.15) is 0 Å². The van der Waals surface area contributed by atoms with E-state index < -0.39 is 0 Å². The van der Waals surface area contributed by atoms with Gasteiger partial charge < -0.3 is 20.1 Å². The van der Waals surface area contributed by atoms with Crippen LogP contribution in [0.4, 0.5) is 0 Å². The second-order valence-corrected chi connectivity index (χ2v) is 9.49. The van der Waals surface area contributed by atoms with Crippen LogP contribution in [0.15, 0.2) is 35.3 Å². The van der Waals surface area contributed by atoms with Crippen LogP contribution in [0.25, 0.3) is 0 Å². The number of piperidine rings is 1. The van der Waals surface area contributed by atoms with Crippen LogP contribution in [0, 0.1) is 5.41 Å². The van der Waals surface area contributed by atoms with E-state index in [0.29, 0.717) is 11.5 Å². The highest BCUT2D eigenvalue weighted by Gasteiger charge is 2.33. The van der Waals surface area contributed by atoms with Gasteiger partial charge in [0.05, 0.1) is 6.10 Å². The smallest absolute Gasteiger partial charge is 0.190 e. The van der Waals surface area contributed by atoms with Crippen LogP contribution in [0.1, 0.15) is 56.9 Å². The Kier molecular flexibility index (Phi) is 10.8. The maximum Gasteiger partial charge on any atom is 0.190 e. The quantitative estimate of drug-likeness (QED) is 0.292. The molecule has 0 bridgehead atoms. The molecule has 1 aliphatic heterocycles. The van der Waals surface area contributed by atoms with Crippen LogP contribution in [0.2, 0.25) is 0 Å². The second kappa shape index (κ2) is 13.8. The molecule has 1 saturated carbocycles. The summed E-state index contributed by atoms with van der Waals surface area (Å²) in [5, 5.41) is 7.02. The van der Waals surface area contributed by atoms with E-state index in [4.69, 9.17) is 9.47 Å². The minimum absolute atomic E-state index is 0.367. The van der Waals surface area contributed by atoms with Crippen LogP contribution in [-0.4, -0.2) is 70.5 Å². The fourth-order valence-electron chi connectivity index (χ4n) is 5.06. The molecule has 0 spiro atoms. The first-order chi connectivity index (χ1) is 15.7. The van der Waals surface area contributed by atoms with E-state index in [1.807, 2.05) is 7.05 Å². The largest absolute Gasteiger partial charge is 0.385 e. The zero-order chi connectivity index (χ0) is 22.5. The molecule has 180 valence electrons. The molecular weight excluding hydrogens is 400 g/mol. The molecule has 1 heterocycles. The molecule has 32 heavy (non-hydrogen) atoms. The molecule has 6 heteroatoms. The van der Waals surface area contributed by atoms with Crippen molar-refractivity contribution in [3.05, 3.63) is 35.9 Å². The third-order valence-corrected chi connectivity index (χ3v) is 7.11. The average molecular weight is 445 g/mol. The predicted molar refractivity (Wildman–Crippen MR) is 132 cm³/mol. The molecule has 2 N–H and O–H groups in total. The lowest BCUT2D eigenvalue weighted by Crippen LogP contribution is -2.43. The molecule has 1 aliphatic carbocycles. The maximum atomic E-state index is 6.16. The first-order valence-electron chi connectivity index (χ1n) is 12.5. The SMILES string of the molecule is CN=C(NCCCOC1CCN(Cc2ccccc2)CC1)NCC1(CCOC)CCCC1. The van der Waals surface area contributed by atoms with Crippen LogP contribution >= 0.6 is 0 Å². The van der Waals surface area contributed by atoms with Gasteiger partial charge in [-0.15, -0.1) is 0 Å². The lowest BCUT2D eigenvalue weighted by Gasteiger charge is -2.32. The molecule has 0 atom stereocenters. The van der Waals surface area contributed by atoms with Gasteiger partial charge in [-0.3, -0.25) is 9.89 Å². The van der Waals surface area contributed by atoms with E-state index in [9.17, 15) is 0 Å². The molecule has 2 fully saturated rings. The fourth-order valence-corrected chi connectivity index (χ4v) is 5.06. The molecule has 1 aromatic carbocycles. The summed E-state index contributed by atoms with van der Waals surface area (Å²) in [5.41, 5.74) is 1.77. The first kappa shape index (κ1) is 25.0. The Balaban J connectivity index is 1.25. The van der Waals surface area contributed by atoms with E-state index >= 15 is 0 Å². The Bertz CT molecular complexity index is 653. The number of nitrogens with zero attached hydrogens (tertiary/aromatic N) is 2. The molecule has 2 aliphatic rings. The van der Waals surface area contributed by atoms with Crippen molar-refractivity contribution in [2.75, 3.05) is 53.6 Å². The van der Waals surface area contributed by atoms with E-state index in [1.165, 1.54) is 31.2 Å². The number of hydrogen-bond donors (Lipinski definition) is 2. The van der Waals surface area contributed by atoms with Gasteiger partial charge in [0.1, 0.15) is 0 Å². The number of benzene rings is 1. The highest BCUT2D eigenvalue weighted by Crippen LogP contribution is 2.40. The average Bonchev–Trinajstić information content (AvgIpc) is 3.30. The number of likely N-dealkylation sites (tertiary alicyclic amines) is 1. The molecule has 1 saturated heterocycles. The van der Waals surface area contributed by atoms with Gasteiger partial charge in [0, 0.05) is 60.1 Å². The number of guanidine groups is 1. The summed E-state index contributed by atoms with van der Waals surface area (Å²) in [6.07, 6.45) is 10.0. The van der Waals surface area contributed by atoms with Crippen molar-refractivity contribution in [3.63, 3.8) is 0 Å². The van der Waals surface area contributed by atoms with Gasteiger partial charge in [0.2, 0.25) is 0 Å². The number of rotatable bonds is 12. The van der Waals surface area contributed by atoms with Crippen molar-refractivity contribution in [3.8, 4) is 0 Å². The Hall–Kier alpha value is -1.63. The third kappa shape index (κ3) is 8.38. The van der Waals surface area contributed by atoms with Gasteiger partial charge in [-0.05, 0) is 49.5 Å². The number of aliphatic imine (C=N–C) groups is 1. The summed E-state index contributed by atoms with van der Waals surface area (Å²) >= 11 is 0. The number of hydrogen-bond acceptors (Lipinski definition) is 4. The van der Waals surface area contributed by atoms with Crippen molar-refractivity contribution < 1.29 is 9.47 Å². The van der Waals surface area contributed by atoms with Gasteiger partial charge in [-0.25, -0.2) is 0 Å². The Labute approximate surface area is 195 Å². The van der Waals surface area contributed by atoms with E-state index in [2.05, 4.69) is 50.9 Å². The summed E-state index contributed by atoms with van der Waals surface area (Å²) in [7, 11) is 3.65. The summed E-state index contributed by atoms with van der Waals surface area (Å²) < 4.78 is 11.5. The summed E-state index contributed by atoms with van der Waals surface area (Å²) in [4.78, 5) is 6.95. The van der Waals surface area contributed by atoms with Crippen molar-refractivity contribution in [1.29, 1.82) is 0 Å². The van der Waals surface area contributed by atoms with Gasteiger partial charge in [0.15, 0.2) is 5.96 Å². The van der Waals surface area contributed by atoms with Gasteiger partial charge in [0.25, 0.3) is 0 Å². The standard InChI is InChI=1S/C26H44N4O2/c1-27-25(29-22-26(15-20-31-2)13-6-7-14-26)28-16-8-19-32-24-11-17-30(18-12-24)21-23-9-4-3-5-10-23/h3-5,9-10,24H,6-8,11-22H2,1-2H3,(H2,27,28,29). The van der Waals surface area contributed by atoms with Crippen molar-refractivity contribution in [2.45, 2.75) is 64.0 Å². The Morgan fingerprint density at radius 3 is 2.53 bits per heavy atom. The number of ether oxygens (including phenoxy) is 2. The topological polar surface area (TPSA) is 58.1 Å². The van der Waals surface area contributed by atoms with Gasteiger partial charge >= 0.3 is 0 Å².